The Morgan fingerprint density at radius 3 is 2.64 bits per heavy atom. The van der Waals surface area contributed by atoms with Gasteiger partial charge in [0, 0.05) is 41.9 Å². The lowest BCUT2D eigenvalue weighted by Crippen LogP contribution is -2.38. The van der Waals surface area contributed by atoms with Crippen molar-refractivity contribution in [2.75, 3.05) is 31.5 Å². The zero-order valence-corrected chi connectivity index (χ0v) is 16.7. The summed E-state index contributed by atoms with van der Waals surface area (Å²) in [4.78, 5) is 21.1. The molecule has 0 atom stereocenters. The molecule has 2 aromatic carbocycles. The van der Waals surface area contributed by atoms with Crippen molar-refractivity contribution < 1.29 is 9.21 Å². The Hall–Kier alpha value is -2.28. The average Bonchev–Trinajstić information content (AvgIpc) is 2.91. The number of rotatable bonds is 3. The summed E-state index contributed by atoms with van der Waals surface area (Å²) in [6.07, 6.45) is 0.889. The number of carbonyl (C=O) groups excluding carboxylic acids is 1. The number of benzene rings is 2. The fraction of sp³-hybridized carbons (Fsp3) is 0.300. The van der Waals surface area contributed by atoms with Crippen LogP contribution in [0, 0.1) is 0 Å². The fourth-order valence-electron chi connectivity index (χ4n) is 3.28. The van der Waals surface area contributed by atoms with Crippen LogP contribution in [-0.4, -0.2) is 47.0 Å². The number of hydrogen-bond donors (Lipinski definition) is 1. The summed E-state index contributed by atoms with van der Waals surface area (Å²) < 4.78 is 5.81. The Morgan fingerprint density at radius 2 is 1.82 bits per heavy atom. The number of halogens is 2. The number of nitrogens with zero attached hydrogens (tertiary/aromatic N) is 3. The first kappa shape index (κ1) is 19.1. The van der Waals surface area contributed by atoms with Crippen molar-refractivity contribution in [2.45, 2.75) is 13.0 Å². The summed E-state index contributed by atoms with van der Waals surface area (Å²) in [5.41, 5.74) is 2.24. The summed E-state index contributed by atoms with van der Waals surface area (Å²) in [7, 11) is 0. The van der Waals surface area contributed by atoms with E-state index in [1.54, 1.807) is 36.4 Å². The first-order valence-electron chi connectivity index (χ1n) is 9.16. The highest BCUT2D eigenvalue weighted by Gasteiger charge is 2.20. The van der Waals surface area contributed by atoms with Gasteiger partial charge in [0.2, 0.25) is 5.89 Å². The van der Waals surface area contributed by atoms with E-state index in [1.807, 2.05) is 11.0 Å². The van der Waals surface area contributed by atoms with Gasteiger partial charge >= 0.3 is 6.03 Å². The Kier molecular flexibility index (Phi) is 5.71. The van der Waals surface area contributed by atoms with Crippen molar-refractivity contribution in [2.24, 2.45) is 0 Å². The van der Waals surface area contributed by atoms with Crippen LogP contribution in [0.2, 0.25) is 10.0 Å². The van der Waals surface area contributed by atoms with Gasteiger partial charge in [-0.25, -0.2) is 9.78 Å². The molecule has 8 heteroatoms. The minimum absolute atomic E-state index is 0.0966. The number of hydrogen-bond acceptors (Lipinski definition) is 4. The Bertz CT molecular complexity index is 974. The third-order valence-electron chi connectivity index (χ3n) is 4.72. The van der Waals surface area contributed by atoms with Crippen molar-refractivity contribution in [3.8, 4) is 0 Å². The molecule has 1 N–H and O–H groups in total. The molecule has 0 unspecified atom stereocenters. The van der Waals surface area contributed by atoms with E-state index in [1.165, 1.54) is 0 Å². The van der Waals surface area contributed by atoms with Gasteiger partial charge in [0.25, 0.3) is 0 Å². The number of urea groups is 1. The van der Waals surface area contributed by atoms with Crippen LogP contribution >= 0.6 is 23.2 Å². The Labute approximate surface area is 173 Å². The van der Waals surface area contributed by atoms with Crippen LogP contribution < -0.4 is 5.32 Å². The fourth-order valence-corrected chi connectivity index (χ4v) is 3.57. The third kappa shape index (κ3) is 4.58. The highest BCUT2D eigenvalue weighted by atomic mass is 35.5. The maximum atomic E-state index is 12.5. The Balaban J connectivity index is 1.34. The molecule has 1 aliphatic rings. The number of carbonyl (C=O) groups is 1. The van der Waals surface area contributed by atoms with Gasteiger partial charge in [0.05, 0.1) is 6.54 Å². The molecule has 1 saturated heterocycles. The second-order valence-electron chi connectivity index (χ2n) is 6.77. The predicted octanol–water partition coefficient (Wildman–Crippen LogP) is 4.87. The van der Waals surface area contributed by atoms with E-state index in [2.05, 4.69) is 15.2 Å². The largest absolute Gasteiger partial charge is 0.439 e. The molecule has 0 radical (unpaired) electrons. The van der Waals surface area contributed by atoms with E-state index in [4.69, 9.17) is 27.6 Å². The zero-order valence-electron chi connectivity index (χ0n) is 15.2. The van der Waals surface area contributed by atoms with Gasteiger partial charge < -0.3 is 14.6 Å². The zero-order chi connectivity index (χ0) is 19.5. The van der Waals surface area contributed by atoms with Gasteiger partial charge in [-0.1, -0.05) is 23.2 Å². The van der Waals surface area contributed by atoms with Gasteiger partial charge in [-0.2, -0.15) is 0 Å². The van der Waals surface area contributed by atoms with Crippen LogP contribution in [0.25, 0.3) is 11.1 Å². The monoisotopic (exact) mass is 418 g/mol. The lowest BCUT2D eigenvalue weighted by molar-refractivity contribution is 0.209. The Morgan fingerprint density at radius 1 is 1.04 bits per heavy atom. The van der Waals surface area contributed by atoms with Gasteiger partial charge in [-0.3, -0.25) is 4.90 Å². The van der Waals surface area contributed by atoms with E-state index in [-0.39, 0.29) is 6.03 Å². The molecular formula is C20H20Cl2N4O2. The lowest BCUT2D eigenvalue weighted by atomic mass is 10.3. The van der Waals surface area contributed by atoms with E-state index < -0.39 is 0 Å². The van der Waals surface area contributed by atoms with Crippen molar-refractivity contribution in [1.82, 2.24) is 14.8 Å². The predicted molar refractivity (Wildman–Crippen MR) is 111 cm³/mol. The van der Waals surface area contributed by atoms with Crippen molar-refractivity contribution in [3.05, 3.63) is 58.4 Å². The summed E-state index contributed by atoms with van der Waals surface area (Å²) in [6, 6.07) is 12.4. The number of aromatic nitrogens is 1. The molecule has 28 heavy (non-hydrogen) atoms. The summed E-state index contributed by atoms with van der Waals surface area (Å²) >= 11 is 11.9. The minimum Gasteiger partial charge on any atom is -0.439 e. The molecule has 2 heterocycles. The summed E-state index contributed by atoms with van der Waals surface area (Å²) in [5, 5.41) is 4.21. The highest BCUT2D eigenvalue weighted by molar-refractivity contribution is 6.31. The van der Waals surface area contributed by atoms with Gasteiger partial charge in [-0.05, 0) is 48.9 Å². The van der Waals surface area contributed by atoms with Crippen LogP contribution in [0.5, 0.6) is 0 Å². The smallest absolute Gasteiger partial charge is 0.321 e. The normalized spacial score (nSPS) is 15.6. The molecule has 3 aromatic rings. The molecule has 0 saturated carbocycles. The number of fused-ring (bicyclic) bond motifs is 1. The molecule has 1 fully saturated rings. The summed E-state index contributed by atoms with van der Waals surface area (Å²) in [5.74, 6) is 0.663. The maximum Gasteiger partial charge on any atom is 0.321 e. The second-order valence-corrected chi connectivity index (χ2v) is 7.65. The minimum atomic E-state index is -0.0966. The topological polar surface area (TPSA) is 61.6 Å². The van der Waals surface area contributed by atoms with E-state index in [0.717, 1.165) is 36.3 Å². The summed E-state index contributed by atoms with van der Waals surface area (Å²) in [6.45, 7) is 3.60. The molecule has 0 spiro atoms. The molecule has 146 valence electrons. The number of amides is 2. The van der Waals surface area contributed by atoms with Gasteiger partial charge in [-0.15, -0.1) is 0 Å². The molecule has 0 bridgehead atoms. The SMILES string of the molecule is O=C(Nc1ccc(Cl)cc1)N1CCCN(Cc2nc3cc(Cl)ccc3o2)CC1. The second kappa shape index (κ2) is 8.39. The molecular weight excluding hydrogens is 399 g/mol. The lowest BCUT2D eigenvalue weighted by Gasteiger charge is -2.21. The number of oxazole rings is 1. The van der Waals surface area contributed by atoms with Crippen LogP contribution in [0.4, 0.5) is 10.5 Å². The van der Waals surface area contributed by atoms with Crippen LogP contribution in [0.15, 0.2) is 46.9 Å². The van der Waals surface area contributed by atoms with Crippen molar-refractivity contribution in [1.29, 1.82) is 0 Å². The number of anilines is 1. The maximum absolute atomic E-state index is 12.5. The number of nitrogens with one attached hydrogen (secondary N) is 1. The highest BCUT2D eigenvalue weighted by Crippen LogP contribution is 2.21. The molecule has 1 aromatic heterocycles. The van der Waals surface area contributed by atoms with E-state index >= 15 is 0 Å². The molecule has 0 aliphatic carbocycles. The molecule has 4 rings (SSSR count). The van der Waals surface area contributed by atoms with Gasteiger partial charge in [0.15, 0.2) is 5.58 Å². The quantitative estimate of drug-likeness (QED) is 0.658. The third-order valence-corrected chi connectivity index (χ3v) is 5.21. The van der Waals surface area contributed by atoms with Crippen LogP contribution in [0.3, 0.4) is 0 Å². The first-order valence-corrected chi connectivity index (χ1v) is 9.91. The molecule has 2 amide bonds. The van der Waals surface area contributed by atoms with E-state index in [9.17, 15) is 4.79 Å². The molecule has 1 aliphatic heterocycles. The first-order chi connectivity index (χ1) is 13.6. The van der Waals surface area contributed by atoms with Gasteiger partial charge in [0.1, 0.15) is 5.52 Å². The van der Waals surface area contributed by atoms with Crippen LogP contribution in [0.1, 0.15) is 12.3 Å². The van der Waals surface area contributed by atoms with Crippen molar-refractivity contribution >= 4 is 46.0 Å². The van der Waals surface area contributed by atoms with Crippen LogP contribution in [-0.2, 0) is 6.54 Å². The standard InChI is InChI=1S/C20H20Cl2N4O2/c21-14-2-5-16(6-3-14)23-20(27)26-9-1-8-25(10-11-26)13-19-24-17-12-15(22)4-7-18(17)28-19/h2-7,12H,1,8-11,13H2,(H,23,27). The molecule has 6 nitrogen and oxygen atoms in total. The average molecular weight is 419 g/mol. The van der Waals surface area contributed by atoms with E-state index in [0.29, 0.717) is 35.6 Å². The van der Waals surface area contributed by atoms with Crippen molar-refractivity contribution in [3.63, 3.8) is 0 Å².